The second-order valence-electron chi connectivity index (χ2n) is 5.37. The number of hydrogen-bond donors (Lipinski definition) is 1. The molecule has 0 aliphatic heterocycles. The van der Waals surface area contributed by atoms with Crippen LogP contribution in [0.25, 0.3) is 0 Å². The van der Waals surface area contributed by atoms with Gasteiger partial charge in [0.25, 0.3) is 0 Å². The summed E-state index contributed by atoms with van der Waals surface area (Å²) >= 11 is 2.11. The van der Waals surface area contributed by atoms with Crippen LogP contribution in [-0.4, -0.2) is 40.2 Å². The minimum absolute atomic E-state index is 0.280. The average Bonchev–Trinajstić information content (AvgIpc) is 2.59. The second-order valence-corrected chi connectivity index (χ2v) is 8.52. The lowest BCUT2D eigenvalue weighted by molar-refractivity contribution is -0.114. The van der Waals surface area contributed by atoms with E-state index in [1.54, 1.807) is 42.5 Å². The van der Waals surface area contributed by atoms with Crippen LogP contribution < -0.4 is 9.62 Å². The van der Waals surface area contributed by atoms with Gasteiger partial charge in [0, 0.05) is 9.26 Å². The van der Waals surface area contributed by atoms with Gasteiger partial charge in [0.05, 0.1) is 24.6 Å². The molecule has 2 rings (SSSR count). The molecule has 0 bridgehead atoms. The molecule has 2 aromatic carbocycles. The van der Waals surface area contributed by atoms with E-state index < -0.39 is 21.9 Å². The molecule has 0 radical (unpaired) electrons. The Bertz CT molecular complexity index is 913. The number of sulfonamides is 1. The number of halogens is 1. The summed E-state index contributed by atoms with van der Waals surface area (Å²) in [6.07, 6.45) is 1.04. The highest BCUT2D eigenvalue weighted by Crippen LogP contribution is 2.19. The van der Waals surface area contributed by atoms with Crippen molar-refractivity contribution in [2.24, 2.45) is 0 Å². The number of rotatable bonds is 6. The number of esters is 1. The van der Waals surface area contributed by atoms with E-state index in [2.05, 4.69) is 32.6 Å². The van der Waals surface area contributed by atoms with Crippen molar-refractivity contribution in [3.8, 4) is 0 Å². The molecule has 1 amide bonds. The molecule has 0 aromatic heterocycles. The molecular weight excluding hydrogens is 471 g/mol. The van der Waals surface area contributed by atoms with Crippen molar-refractivity contribution in [1.29, 1.82) is 0 Å². The largest absolute Gasteiger partial charge is 0.465 e. The Morgan fingerprint density at radius 2 is 1.81 bits per heavy atom. The summed E-state index contributed by atoms with van der Waals surface area (Å²) in [5, 5.41) is 2.59. The van der Waals surface area contributed by atoms with E-state index in [1.807, 2.05) is 0 Å². The molecular formula is C17H17IN2O5S. The van der Waals surface area contributed by atoms with Gasteiger partial charge < -0.3 is 10.1 Å². The Kier molecular flexibility index (Phi) is 6.59. The van der Waals surface area contributed by atoms with E-state index in [0.717, 1.165) is 14.1 Å². The van der Waals surface area contributed by atoms with Gasteiger partial charge in [-0.3, -0.25) is 9.10 Å². The maximum atomic E-state index is 12.3. The van der Waals surface area contributed by atoms with E-state index in [1.165, 1.54) is 13.2 Å². The molecule has 2 aromatic rings. The van der Waals surface area contributed by atoms with Crippen LogP contribution in [0.2, 0.25) is 0 Å². The van der Waals surface area contributed by atoms with Crippen LogP contribution in [0.4, 0.5) is 11.4 Å². The summed E-state index contributed by atoms with van der Waals surface area (Å²) in [7, 11) is -2.39. The zero-order chi connectivity index (χ0) is 19.3. The minimum atomic E-state index is -3.65. The quantitative estimate of drug-likeness (QED) is 0.499. The normalized spacial score (nSPS) is 10.9. The Hall–Kier alpha value is -2.14. The Labute approximate surface area is 165 Å². The van der Waals surface area contributed by atoms with Gasteiger partial charge in [0.1, 0.15) is 6.54 Å². The van der Waals surface area contributed by atoms with Gasteiger partial charge in [-0.15, -0.1) is 0 Å². The molecule has 0 fully saturated rings. The summed E-state index contributed by atoms with van der Waals surface area (Å²) in [6.45, 7) is -0.387. The van der Waals surface area contributed by atoms with E-state index in [0.29, 0.717) is 11.4 Å². The zero-order valence-corrected chi connectivity index (χ0v) is 17.1. The Balaban J connectivity index is 2.18. The van der Waals surface area contributed by atoms with Gasteiger partial charge in [-0.05, 0) is 65.1 Å². The van der Waals surface area contributed by atoms with E-state index in [9.17, 15) is 18.0 Å². The maximum Gasteiger partial charge on any atom is 0.337 e. The van der Waals surface area contributed by atoms with Gasteiger partial charge in [0.15, 0.2) is 0 Å². The predicted octanol–water partition coefficient (Wildman–Crippen LogP) is 2.48. The highest BCUT2D eigenvalue weighted by molar-refractivity contribution is 14.1. The van der Waals surface area contributed by atoms with Crippen LogP contribution >= 0.6 is 22.6 Å². The summed E-state index contributed by atoms with van der Waals surface area (Å²) in [4.78, 5) is 23.9. The van der Waals surface area contributed by atoms with Gasteiger partial charge in [-0.2, -0.15) is 0 Å². The van der Waals surface area contributed by atoms with Gasteiger partial charge in [-0.1, -0.05) is 6.07 Å². The maximum absolute atomic E-state index is 12.3. The van der Waals surface area contributed by atoms with Crippen LogP contribution in [-0.2, 0) is 19.6 Å². The lowest BCUT2D eigenvalue weighted by atomic mass is 10.2. The fraction of sp³-hybridized carbons (Fsp3) is 0.176. The summed E-state index contributed by atoms with van der Waals surface area (Å²) in [6, 6.07) is 13.0. The van der Waals surface area contributed by atoms with Crippen molar-refractivity contribution in [3.63, 3.8) is 0 Å². The first-order valence-corrected chi connectivity index (χ1v) is 10.3. The van der Waals surface area contributed by atoms with Crippen LogP contribution in [0.5, 0.6) is 0 Å². The number of anilines is 2. The predicted molar refractivity (Wildman–Crippen MR) is 108 cm³/mol. The van der Waals surface area contributed by atoms with Crippen LogP contribution in [0.15, 0.2) is 48.5 Å². The first kappa shape index (κ1) is 20.2. The van der Waals surface area contributed by atoms with Crippen LogP contribution in [0.3, 0.4) is 0 Å². The number of nitrogens with one attached hydrogen (secondary N) is 1. The van der Waals surface area contributed by atoms with E-state index in [-0.39, 0.29) is 12.1 Å². The number of hydrogen-bond acceptors (Lipinski definition) is 5. The van der Waals surface area contributed by atoms with Gasteiger partial charge in [-0.25, -0.2) is 13.2 Å². The third-order valence-corrected chi connectivity index (χ3v) is 5.23. The third kappa shape index (κ3) is 5.43. The molecule has 0 unspecified atom stereocenters. The monoisotopic (exact) mass is 488 g/mol. The zero-order valence-electron chi connectivity index (χ0n) is 14.1. The highest BCUT2D eigenvalue weighted by Gasteiger charge is 2.21. The van der Waals surface area contributed by atoms with Crippen molar-refractivity contribution in [1.82, 2.24) is 0 Å². The summed E-state index contributed by atoms with van der Waals surface area (Å²) in [5.74, 6) is -1.06. The molecule has 7 nitrogen and oxygen atoms in total. The molecule has 0 spiro atoms. The van der Waals surface area contributed by atoms with Crippen LogP contribution in [0.1, 0.15) is 10.4 Å². The molecule has 26 heavy (non-hydrogen) atoms. The topological polar surface area (TPSA) is 92.8 Å². The SMILES string of the molecule is COC(=O)c1cccc(NC(=O)CN(c2ccc(I)cc2)S(C)(=O)=O)c1. The minimum Gasteiger partial charge on any atom is -0.465 e. The Morgan fingerprint density at radius 3 is 2.38 bits per heavy atom. The van der Waals surface area contributed by atoms with E-state index in [4.69, 9.17) is 0 Å². The lowest BCUT2D eigenvalue weighted by Gasteiger charge is -2.22. The van der Waals surface area contributed by atoms with Crippen LogP contribution in [0, 0.1) is 3.57 Å². The van der Waals surface area contributed by atoms with Gasteiger partial charge >= 0.3 is 5.97 Å². The molecule has 9 heteroatoms. The molecule has 1 N–H and O–H groups in total. The second kappa shape index (κ2) is 8.49. The smallest absolute Gasteiger partial charge is 0.337 e. The number of nitrogens with zero attached hydrogens (tertiary/aromatic N) is 1. The summed E-state index contributed by atoms with van der Waals surface area (Å²) < 4.78 is 30.7. The van der Waals surface area contributed by atoms with E-state index >= 15 is 0 Å². The third-order valence-electron chi connectivity index (χ3n) is 3.37. The number of carbonyl (C=O) groups is 2. The molecule has 0 saturated heterocycles. The summed E-state index contributed by atoms with van der Waals surface area (Å²) in [5.41, 5.74) is 1.04. The van der Waals surface area contributed by atoms with Crippen molar-refractivity contribution < 1.29 is 22.7 Å². The lowest BCUT2D eigenvalue weighted by Crippen LogP contribution is -2.37. The number of carbonyl (C=O) groups excluding carboxylic acids is 2. The molecule has 0 saturated carbocycles. The molecule has 0 atom stereocenters. The molecule has 0 aliphatic carbocycles. The Morgan fingerprint density at radius 1 is 1.15 bits per heavy atom. The average molecular weight is 488 g/mol. The van der Waals surface area contributed by atoms with Crippen molar-refractivity contribution >= 4 is 55.9 Å². The number of benzene rings is 2. The van der Waals surface area contributed by atoms with Gasteiger partial charge in [0.2, 0.25) is 15.9 Å². The van der Waals surface area contributed by atoms with Crippen molar-refractivity contribution in [2.75, 3.05) is 29.5 Å². The van der Waals surface area contributed by atoms with Crippen molar-refractivity contribution in [3.05, 3.63) is 57.7 Å². The number of amides is 1. The fourth-order valence-electron chi connectivity index (χ4n) is 2.18. The molecule has 0 aliphatic rings. The first-order valence-electron chi connectivity index (χ1n) is 7.42. The fourth-order valence-corrected chi connectivity index (χ4v) is 3.40. The standard InChI is InChI=1S/C17H17IN2O5S/c1-25-17(22)12-4-3-5-14(10-12)19-16(21)11-20(26(2,23)24)15-8-6-13(18)7-9-15/h3-10H,11H2,1-2H3,(H,19,21). The number of methoxy groups -OCH3 is 1. The first-order chi connectivity index (χ1) is 12.2. The molecule has 138 valence electrons. The molecule has 0 heterocycles. The number of ether oxygens (including phenoxy) is 1. The highest BCUT2D eigenvalue weighted by atomic mass is 127. The van der Waals surface area contributed by atoms with Crippen molar-refractivity contribution in [2.45, 2.75) is 0 Å².